The van der Waals surface area contributed by atoms with Gasteiger partial charge < -0.3 is 9.73 Å². The minimum atomic E-state index is -0.312. The van der Waals surface area contributed by atoms with Crippen LogP contribution in [0.1, 0.15) is 5.76 Å². The van der Waals surface area contributed by atoms with E-state index >= 15 is 0 Å². The Morgan fingerprint density at radius 3 is 2.72 bits per heavy atom. The monoisotopic (exact) mass is 471 g/mol. The molecule has 0 aliphatic carbocycles. The molecule has 2 aromatic carbocycles. The van der Waals surface area contributed by atoms with E-state index in [-0.39, 0.29) is 24.6 Å². The number of furan rings is 1. The third kappa shape index (κ3) is 4.41. The zero-order valence-electron chi connectivity index (χ0n) is 15.1. The molecule has 2 heterocycles. The van der Waals surface area contributed by atoms with E-state index < -0.39 is 0 Å². The molecule has 0 aliphatic rings. The highest BCUT2D eigenvalue weighted by Crippen LogP contribution is 2.23. The number of fused-ring (bicyclic) bond motifs is 1. The van der Waals surface area contributed by atoms with Gasteiger partial charge >= 0.3 is 0 Å². The molecule has 1 amide bonds. The summed E-state index contributed by atoms with van der Waals surface area (Å²) in [7, 11) is 0. The Bertz CT molecular complexity index is 1250. The molecule has 6 nitrogen and oxygen atoms in total. The summed E-state index contributed by atoms with van der Waals surface area (Å²) in [5.41, 5.74) is 1.21. The van der Waals surface area contributed by atoms with Gasteiger partial charge in [-0.15, -0.1) is 0 Å². The molecule has 0 fully saturated rings. The van der Waals surface area contributed by atoms with E-state index in [4.69, 9.17) is 16.0 Å². The van der Waals surface area contributed by atoms with Crippen molar-refractivity contribution in [1.29, 1.82) is 0 Å². The number of rotatable bonds is 5. The number of hydrogen-bond donors (Lipinski definition) is 1. The normalized spacial score (nSPS) is 11.0. The van der Waals surface area contributed by atoms with Crippen LogP contribution in [-0.2, 0) is 17.9 Å². The van der Waals surface area contributed by atoms with Crippen LogP contribution in [0.2, 0.25) is 5.02 Å². The van der Waals surface area contributed by atoms with Crippen LogP contribution in [-0.4, -0.2) is 15.5 Å². The van der Waals surface area contributed by atoms with Gasteiger partial charge in [-0.25, -0.2) is 4.98 Å². The summed E-state index contributed by atoms with van der Waals surface area (Å²) in [5.74, 6) is 0.982. The maximum absolute atomic E-state index is 12.6. The number of nitrogens with one attached hydrogen (secondary N) is 1. The summed E-state index contributed by atoms with van der Waals surface area (Å²) in [5, 5.41) is 3.86. The summed E-state index contributed by atoms with van der Waals surface area (Å²) in [6.45, 7) is 0.0900. The maximum Gasteiger partial charge on any atom is 0.261 e. The first-order valence-electron chi connectivity index (χ1n) is 8.76. The summed E-state index contributed by atoms with van der Waals surface area (Å²) >= 11 is 9.24. The number of carbonyl (C=O) groups excluding carboxylic acids is 1. The molecule has 0 atom stereocenters. The van der Waals surface area contributed by atoms with Crippen molar-refractivity contribution in [3.8, 4) is 11.3 Å². The lowest BCUT2D eigenvalue weighted by molar-refractivity contribution is -0.121. The lowest BCUT2D eigenvalue weighted by Gasteiger charge is -2.07. The van der Waals surface area contributed by atoms with Crippen LogP contribution in [0.4, 0.5) is 0 Å². The van der Waals surface area contributed by atoms with Gasteiger partial charge in [-0.3, -0.25) is 14.2 Å². The molecule has 0 radical (unpaired) electrons. The summed E-state index contributed by atoms with van der Waals surface area (Å²) in [6.07, 6.45) is 1.38. The van der Waals surface area contributed by atoms with Crippen LogP contribution in [0.15, 0.2) is 74.6 Å². The van der Waals surface area contributed by atoms with Gasteiger partial charge in [0.15, 0.2) is 0 Å². The topological polar surface area (TPSA) is 77.1 Å². The average molecular weight is 473 g/mol. The number of halogens is 2. The molecule has 146 valence electrons. The fourth-order valence-corrected chi connectivity index (χ4v) is 3.37. The van der Waals surface area contributed by atoms with Crippen molar-refractivity contribution in [3.63, 3.8) is 0 Å². The van der Waals surface area contributed by atoms with Crippen molar-refractivity contribution >= 4 is 44.3 Å². The van der Waals surface area contributed by atoms with Crippen molar-refractivity contribution in [3.05, 3.63) is 86.5 Å². The second-order valence-corrected chi connectivity index (χ2v) is 7.74. The van der Waals surface area contributed by atoms with Crippen LogP contribution in [0.25, 0.3) is 22.2 Å². The van der Waals surface area contributed by atoms with Crippen LogP contribution in [0.3, 0.4) is 0 Å². The molecule has 2 aromatic heterocycles. The molecule has 1 N–H and O–H groups in total. The van der Waals surface area contributed by atoms with E-state index in [0.29, 0.717) is 27.4 Å². The predicted octanol–water partition coefficient (Wildman–Crippen LogP) is 4.39. The Morgan fingerprint density at radius 2 is 1.93 bits per heavy atom. The zero-order valence-corrected chi connectivity index (χ0v) is 17.4. The second-order valence-electron chi connectivity index (χ2n) is 6.39. The van der Waals surface area contributed by atoms with E-state index in [0.717, 1.165) is 10.0 Å². The van der Waals surface area contributed by atoms with Gasteiger partial charge in [0.25, 0.3) is 5.56 Å². The van der Waals surface area contributed by atoms with Gasteiger partial charge in [-0.05, 0) is 54.6 Å². The molecular formula is C21H15BrClN3O3. The fourth-order valence-electron chi connectivity index (χ4n) is 2.88. The number of benzene rings is 2. The van der Waals surface area contributed by atoms with Crippen LogP contribution in [0, 0.1) is 0 Å². The minimum absolute atomic E-state index is 0.126. The van der Waals surface area contributed by atoms with E-state index in [1.165, 1.54) is 10.9 Å². The molecule has 0 spiro atoms. The molecule has 29 heavy (non-hydrogen) atoms. The number of aromatic nitrogens is 2. The SMILES string of the molecule is O=C(Cn1cnc2ccc(Br)cc2c1=O)NCc1ccc(-c2ccc(Cl)cc2)o1. The third-order valence-electron chi connectivity index (χ3n) is 4.35. The van der Waals surface area contributed by atoms with Crippen LogP contribution >= 0.6 is 27.5 Å². The lowest BCUT2D eigenvalue weighted by Crippen LogP contribution is -2.32. The Labute approximate surface area is 179 Å². The van der Waals surface area contributed by atoms with Crippen molar-refractivity contribution < 1.29 is 9.21 Å². The first-order chi connectivity index (χ1) is 14.0. The molecular weight excluding hydrogens is 458 g/mol. The number of hydrogen-bond acceptors (Lipinski definition) is 4. The first-order valence-corrected chi connectivity index (χ1v) is 9.93. The second kappa shape index (κ2) is 8.23. The molecule has 4 rings (SSSR count). The van der Waals surface area contributed by atoms with Crippen LogP contribution < -0.4 is 10.9 Å². The molecule has 0 unspecified atom stereocenters. The van der Waals surface area contributed by atoms with E-state index in [9.17, 15) is 9.59 Å². The van der Waals surface area contributed by atoms with Crippen molar-refractivity contribution in [2.75, 3.05) is 0 Å². The fraction of sp³-hybridized carbons (Fsp3) is 0.0952. The van der Waals surface area contributed by atoms with Gasteiger partial charge in [0.05, 0.1) is 23.8 Å². The summed E-state index contributed by atoms with van der Waals surface area (Å²) in [6, 6.07) is 16.2. The minimum Gasteiger partial charge on any atom is -0.459 e. The van der Waals surface area contributed by atoms with Gasteiger partial charge in [0.2, 0.25) is 5.91 Å². The van der Waals surface area contributed by atoms with Crippen molar-refractivity contribution in [1.82, 2.24) is 14.9 Å². The van der Waals surface area contributed by atoms with E-state index in [1.807, 2.05) is 24.3 Å². The van der Waals surface area contributed by atoms with Gasteiger partial charge in [0.1, 0.15) is 18.1 Å². The van der Waals surface area contributed by atoms with E-state index in [2.05, 4.69) is 26.2 Å². The smallest absolute Gasteiger partial charge is 0.261 e. The zero-order chi connectivity index (χ0) is 20.4. The summed E-state index contributed by atoms with van der Waals surface area (Å²) in [4.78, 5) is 29.1. The molecule has 0 aliphatic heterocycles. The van der Waals surface area contributed by atoms with Crippen molar-refractivity contribution in [2.45, 2.75) is 13.1 Å². The molecule has 0 bridgehead atoms. The largest absolute Gasteiger partial charge is 0.459 e. The van der Waals surface area contributed by atoms with Gasteiger partial charge in [-0.2, -0.15) is 0 Å². The molecule has 4 aromatic rings. The third-order valence-corrected chi connectivity index (χ3v) is 5.10. The van der Waals surface area contributed by atoms with Crippen LogP contribution in [0.5, 0.6) is 0 Å². The Kier molecular flexibility index (Phi) is 5.51. The van der Waals surface area contributed by atoms with Gasteiger partial charge in [0, 0.05) is 15.1 Å². The summed E-state index contributed by atoms with van der Waals surface area (Å²) < 4.78 is 7.82. The number of nitrogens with zero attached hydrogens (tertiary/aromatic N) is 2. The predicted molar refractivity (Wildman–Crippen MR) is 115 cm³/mol. The molecule has 0 saturated carbocycles. The first kappa shape index (κ1) is 19.4. The highest BCUT2D eigenvalue weighted by atomic mass is 79.9. The molecule has 8 heteroatoms. The number of amides is 1. The highest BCUT2D eigenvalue weighted by molar-refractivity contribution is 9.10. The van der Waals surface area contributed by atoms with E-state index in [1.54, 1.807) is 30.3 Å². The Balaban J connectivity index is 1.42. The molecule has 0 saturated heterocycles. The number of carbonyl (C=O) groups is 1. The maximum atomic E-state index is 12.6. The average Bonchev–Trinajstić information content (AvgIpc) is 3.18. The Hall–Kier alpha value is -2.90. The lowest BCUT2D eigenvalue weighted by atomic mass is 10.2. The standard InChI is InChI=1S/C21H15BrClN3O3/c22-14-3-7-18-17(9-14)21(28)26(12-25-18)11-20(27)24-10-16-6-8-19(29-16)13-1-4-15(23)5-2-13/h1-9,12H,10-11H2,(H,24,27). The highest BCUT2D eigenvalue weighted by Gasteiger charge is 2.10. The quantitative estimate of drug-likeness (QED) is 0.467. The van der Waals surface area contributed by atoms with Gasteiger partial charge in [-0.1, -0.05) is 27.5 Å². The van der Waals surface area contributed by atoms with Crippen molar-refractivity contribution in [2.24, 2.45) is 0 Å². The Morgan fingerprint density at radius 1 is 1.14 bits per heavy atom.